The first-order valence-corrected chi connectivity index (χ1v) is 4.18. The molecule has 2 rings (SSSR count). The summed E-state index contributed by atoms with van der Waals surface area (Å²) in [4.78, 5) is 8.21. The van der Waals surface area contributed by atoms with Gasteiger partial charge < -0.3 is 4.74 Å². The van der Waals surface area contributed by atoms with E-state index in [9.17, 15) is 0 Å². The van der Waals surface area contributed by atoms with Crippen LogP contribution in [-0.2, 0) is 24.2 Å². The van der Waals surface area contributed by atoms with Gasteiger partial charge in [0, 0.05) is 5.56 Å². The zero-order chi connectivity index (χ0) is 9.10. The van der Waals surface area contributed by atoms with Crippen molar-refractivity contribution in [3.05, 3.63) is 23.3 Å². The van der Waals surface area contributed by atoms with Crippen LogP contribution in [0.25, 0.3) is 0 Å². The molecule has 2 heterocycles. The molecule has 13 heavy (non-hydrogen) atoms. The van der Waals surface area contributed by atoms with E-state index >= 15 is 0 Å². The van der Waals surface area contributed by atoms with E-state index in [4.69, 9.17) is 10.00 Å². The molecule has 0 aromatic carbocycles. The number of fused-ring (bicyclic) bond motifs is 1. The number of nitriles is 1. The standard InChI is InChI=1S/C9H9N3O/c10-3-1-8-7-2-4-13-5-9(7)12-6-11-8/h6H,1-2,4-5H2. The normalized spacial score (nSPS) is 14.7. The molecule has 0 saturated heterocycles. The van der Waals surface area contributed by atoms with E-state index in [1.165, 1.54) is 6.33 Å². The minimum absolute atomic E-state index is 0.366. The molecule has 0 fully saturated rings. The zero-order valence-electron chi connectivity index (χ0n) is 7.16. The first-order valence-electron chi connectivity index (χ1n) is 4.18. The summed E-state index contributed by atoms with van der Waals surface area (Å²) in [5, 5.41) is 8.58. The Morgan fingerprint density at radius 3 is 3.31 bits per heavy atom. The number of hydrogen-bond donors (Lipinski definition) is 0. The quantitative estimate of drug-likeness (QED) is 0.627. The van der Waals surface area contributed by atoms with Crippen LogP contribution in [0.15, 0.2) is 6.33 Å². The fourth-order valence-electron chi connectivity index (χ4n) is 1.47. The third-order valence-corrected chi connectivity index (χ3v) is 2.11. The van der Waals surface area contributed by atoms with Gasteiger partial charge in [-0.15, -0.1) is 0 Å². The summed E-state index contributed by atoms with van der Waals surface area (Å²) >= 11 is 0. The number of rotatable bonds is 1. The molecule has 4 nitrogen and oxygen atoms in total. The Balaban J connectivity index is 2.41. The molecule has 0 saturated carbocycles. The first-order chi connectivity index (χ1) is 6.42. The Kier molecular flexibility index (Phi) is 2.19. The van der Waals surface area contributed by atoms with Crippen molar-refractivity contribution in [3.8, 4) is 6.07 Å². The molecule has 4 heteroatoms. The Labute approximate surface area is 76.2 Å². The molecule has 1 aliphatic heterocycles. The van der Waals surface area contributed by atoms with Crippen molar-refractivity contribution in [2.24, 2.45) is 0 Å². The highest BCUT2D eigenvalue weighted by Crippen LogP contribution is 2.16. The van der Waals surface area contributed by atoms with Crippen molar-refractivity contribution in [2.75, 3.05) is 6.61 Å². The second-order valence-corrected chi connectivity index (χ2v) is 2.88. The fourth-order valence-corrected chi connectivity index (χ4v) is 1.47. The average molecular weight is 175 g/mol. The third-order valence-electron chi connectivity index (χ3n) is 2.11. The van der Waals surface area contributed by atoms with Crippen LogP contribution in [0.1, 0.15) is 17.0 Å². The maximum atomic E-state index is 8.58. The van der Waals surface area contributed by atoms with Gasteiger partial charge in [0.1, 0.15) is 6.33 Å². The maximum Gasteiger partial charge on any atom is 0.116 e. The molecule has 66 valence electrons. The molecule has 0 bridgehead atoms. The predicted octanol–water partition coefficient (Wildman–Crippen LogP) is 0.615. The average Bonchev–Trinajstić information content (AvgIpc) is 2.19. The summed E-state index contributed by atoms with van der Waals surface area (Å²) in [5.41, 5.74) is 2.90. The molecule has 0 aliphatic carbocycles. The molecule has 0 atom stereocenters. The van der Waals surface area contributed by atoms with Crippen LogP contribution in [0.2, 0.25) is 0 Å². The van der Waals surface area contributed by atoms with Gasteiger partial charge in [-0.05, 0) is 6.42 Å². The monoisotopic (exact) mass is 175 g/mol. The van der Waals surface area contributed by atoms with Gasteiger partial charge in [-0.3, -0.25) is 0 Å². The van der Waals surface area contributed by atoms with Gasteiger partial charge in [-0.2, -0.15) is 5.26 Å². The largest absolute Gasteiger partial charge is 0.375 e. The van der Waals surface area contributed by atoms with Gasteiger partial charge in [-0.25, -0.2) is 9.97 Å². The SMILES string of the molecule is N#CCc1ncnc2c1CCOC2. The van der Waals surface area contributed by atoms with Crippen molar-refractivity contribution in [2.45, 2.75) is 19.4 Å². The van der Waals surface area contributed by atoms with Crippen molar-refractivity contribution >= 4 is 0 Å². The lowest BCUT2D eigenvalue weighted by Crippen LogP contribution is -2.15. The highest BCUT2D eigenvalue weighted by atomic mass is 16.5. The molecule has 1 aromatic rings. The number of nitrogens with zero attached hydrogens (tertiary/aromatic N) is 3. The molecule has 0 unspecified atom stereocenters. The summed E-state index contributed by atoms with van der Waals surface area (Å²) < 4.78 is 5.26. The molecule has 1 aliphatic rings. The second kappa shape index (κ2) is 3.50. The molecule has 0 N–H and O–H groups in total. The summed E-state index contributed by atoms with van der Waals surface area (Å²) in [6.45, 7) is 1.26. The minimum atomic E-state index is 0.366. The van der Waals surface area contributed by atoms with Gasteiger partial charge in [-0.1, -0.05) is 0 Å². The summed E-state index contributed by atoms with van der Waals surface area (Å²) in [5.74, 6) is 0. The summed E-state index contributed by atoms with van der Waals surface area (Å²) in [6, 6.07) is 2.10. The van der Waals surface area contributed by atoms with Crippen molar-refractivity contribution < 1.29 is 4.74 Å². The molecular formula is C9H9N3O. The molecule has 0 amide bonds. The topological polar surface area (TPSA) is 58.8 Å². The number of ether oxygens (including phenoxy) is 1. The van der Waals surface area contributed by atoms with E-state index in [1.54, 1.807) is 0 Å². The van der Waals surface area contributed by atoms with E-state index in [0.717, 1.165) is 23.4 Å². The lowest BCUT2D eigenvalue weighted by molar-refractivity contribution is 0.107. The van der Waals surface area contributed by atoms with Crippen LogP contribution in [0.3, 0.4) is 0 Å². The van der Waals surface area contributed by atoms with Gasteiger partial charge in [0.05, 0.1) is 37.1 Å². The van der Waals surface area contributed by atoms with E-state index in [1.807, 2.05) is 0 Å². The molecule has 1 aromatic heterocycles. The smallest absolute Gasteiger partial charge is 0.116 e. The Bertz CT molecular complexity index is 356. The summed E-state index contributed by atoms with van der Waals surface area (Å²) in [6.07, 6.45) is 2.69. The van der Waals surface area contributed by atoms with E-state index in [2.05, 4.69) is 16.0 Å². The van der Waals surface area contributed by atoms with Crippen LogP contribution in [0, 0.1) is 11.3 Å². The van der Waals surface area contributed by atoms with Crippen LogP contribution < -0.4 is 0 Å². The Morgan fingerprint density at radius 1 is 1.54 bits per heavy atom. The van der Waals surface area contributed by atoms with E-state index in [-0.39, 0.29) is 0 Å². The van der Waals surface area contributed by atoms with Crippen molar-refractivity contribution in [3.63, 3.8) is 0 Å². The zero-order valence-corrected chi connectivity index (χ0v) is 7.16. The number of hydrogen-bond acceptors (Lipinski definition) is 4. The van der Waals surface area contributed by atoms with E-state index in [0.29, 0.717) is 19.6 Å². The van der Waals surface area contributed by atoms with Crippen LogP contribution in [-0.4, -0.2) is 16.6 Å². The molecular weight excluding hydrogens is 166 g/mol. The van der Waals surface area contributed by atoms with Crippen LogP contribution >= 0.6 is 0 Å². The third kappa shape index (κ3) is 1.51. The highest BCUT2D eigenvalue weighted by molar-refractivity contribution is 5.27. The maximum absolute atomic E-state index is 8.58. The minimum Gasteiger partial charge on any atom is -0.375 e. The summed E-state index contributed by atoms with van der Waals surface area (Å²) in [7, 11) is 0. The van der Waals surface area contributed by atoms with Crippen LogP contribution in [0.4, 0.5) is 0 Å². The highest BCUT2D eigenvalue weighted by Gasteiger charge is 2.14. The van der Waals surface area contributed by atoms with Crippen molar-refractivity contribution in [1.29, 1.82) is 5.26 Å². The van der Waals surface area contributed by atoms with Gasteiger partial charge >= 0.3 is 0 Å². The van der Waals surface area contributed by atoms with Gasteiger partial charge in [0.15, 0.2) is 0 Å². The lowest BCUT2D eigenvalue weighted by Gasteiger charge is -2.16. The Morgan fingerprint density at radius 2 is 2.46 bits per heavy atom. The number of aromatic nitrogens is 2. The first kappa shape index (κ1) is 8.14. The van der Waals surface area contributed by atoms with Gasteiger partial charge in [0.2, 0.25) is 0 Å². The Hall–Kier alpha value is -1.47. The van der Waals surface area contributed by atoms with Crippen molar-refractivity contribution in [1.82, 2.24) is 9.97 Å². The predicted molar refractivity (Wildman–Crippen MR) is 44.7 cm³/mol. The molecule has 0 radical (unpaired) electrons. The fraction of sp³-hybridized carbons (Fsp3) is 0.444. The van der Waals surface area contributed by atoms with Gasteiger partial charge in [0.25, 0.3) is 0 Å². The second-order valence-electron chi connectivity index (χ2n) is 2.88. The lowest BCUT2D eigenvalue weighted by atomic mass is 10.1. The molecule has 0 spiro atoms. The van der Waals surface area contributed by atoms with E-state index < -0.39 is 0 Å². The van der Waals surface area contributed by atoms with Crippen LogP contribution in [0.5, 0.6) is 0 Å².